The number of furan rings is 1. The van der Waals surface area contributed by atoms with Gasteiger partial charge < -0.3 is 14.3 Å². The fraction of sp³-hybridized carbons (Fsp3) is 0.286. The normalized spacial score (nSPS) is 13.3. The Hall–Kier alpha value is -3.98. The van der Waals surface area contributed by atoms with Crippen LogP contribution in [0.3, 0.4) is 0 Å². The number of carbonyl (C=O) groups is 1. The lowest BCUT2D eigenvalue weighted by atomic mass is 9.93. The average Bonchev–Trinajstić information content (AvgIpc) is 3.44. The molecule has 2 heterocycles. The number of nitro benzene ring substituents is 1. The lowest BCUT2D eigenvalue weighted by molar-refractivity contribution is -0.398. The Morgan fingerprint density at radius 2 is 2.00 bits per heavy atom. The van der Waals surface area contributed by atoms with E-state index in [1.165, 1.54) is 23.6 Å². The van der Waals surface area contributed by atoms with Gasteiger partial charge in [-0.2, -0.15) is 0 Å². The van der Waals surface area contributed by atoms with Crippen molar-refractivity contribution in [3.63, 3.8) is 0 Å². The Labute approximate surface area is 217 Å². The van der Waals surface area contributed by atoms with Crippen LogP contribution in [0.5, 0.6) is 5.75 Å². The third-order valence-corrected chi connectivity index (χ3v) is 7.53. The van der Waals surface area contributed by atoms with Gasteiger partial charge in [0, 0.05) is 40.1 Å². The van der Waals surface area contributed by atoms with Gasteiger partial charge in [0.2, 0.25) is 0 Å². The maximum absolute atomic E-state index is 13.2. The zero-order valence-electron chi connectivity index (χ0n) is 20.8. The molecule has 2 aromatic heterocycles. The van der Waals surface area contributed by atoms with E-state index < -0.39 is 22.3 Å². The number of ether oxygens (including phenoxy) is 1. The number of hydrogen-bond donors (Lipinski definition) is 0. The van der Waals surface area contributed by atoms with E-state index in [4.69, 9.17) is 9.15 Å². The summed E-state index contributed by atoms with van der Waals surface area (Å²) in [5.41, 5.74) is 4.76. The summed E-state index contributed by atoms with van der Waals surface area (Å²) in [4.78, 5) is 28.5. The number of nitro groups is 1. The molecule has 9 heteroatoms. The van der Waals surface area contributed by atoms with Gasteiger partial charge >= 0.3 is 5.97 Å². The van der Waals surface area contributed by atoms with Gasteiger partial charge in [-0.3, -0.25) is 10.1 Å². The molecular weight excluding hydrogens is 492 g/mol. The average molecular weight is 518 g/mol. The second-order valence-corrected chi connectivity index (χ2v) is 9.96. The third-order valence-electron chi connectivity index (χ3n) is 6.64. The zero-order chi connectivity index (χ0) is 26.3. The number of carbonyl (C=O) groups excluding carboxylic acids is 1. The van der Waals surface area contributed by atoms with E-state index in [1.807, 2.05) is 37.4 Å². The van der Waals surface area contributed by atoms with Gasteiger partial charge in [0.1, 0.15) is 21.9 Å². The van der Waals surface area contributed by atoms with Crippen molar-refractivity contribution in [3.05, 3.63) is 73.3 Å². The minimum absolute atomic E-state index is 0.104. The molecule has 0 aliphatic heterocycles. The molecule has 37 heavy (non-hydrogen) atoms. The summed E-state index contributed by atoms with van der Waals surface area (Å²) >= 11 is 1.25. The summed E-state index contributed by atoms with van der Waals surface area (Å²) in [6, 6.07) is 7.18. The standard InChI is InChI=1S/C28H26N2O6S/c1-4-35-28(32)25-20(17-10-9-15(2)11-16(17)3)14-37-27(25)29-13-19-24-18-7-5-6-8-22(18)36-23(24)12-21(26(19)31)30(33)34/h9-14,31H,4-8H2,1-3H3/p-1. The highest BCUT2D eigenvalue weighted by atomic mass is 32.1. The monoisotopic (exact) mass is 517 g/mol. The van der Waals surface area contributed by atoms with E-state index in [1.54, 1.807) is 6.92 Å². The van der Waals surface area contributed by atoms with Gasteiger partial charge in [-0.25, -0.2) is 9.79 Å². The van der Waals surface area contributed by atoms with Crippen LogP contribution < -0.4 is 5.11 Å². The first-order chi connectivity index (χ1) is 17.8. The molecule has 5 rings (SSSR count). The molecule has 190 valence electrons. The van der Waals surface area contributed by atoms with Crippen LogP contribution in [-0.4, -0.2) is 23.7 Å². The smallest absolute Gasteiger partial charge is 0.341 e. The predicted octanol–water partition coefficient (Wildman–Crippen LogP) is 6.57. The lowest BCUT2D eigenvalue weighted by Crippen LogP contribution is -2.06. The first kappa shape index (κ1) is 24.7. The van der Waals surface area contributed by atoms with Crippen molar-refractivity contribution in [1.29, 1.82) is 0 Å². The van der Waals surface area contributed by atoms with Crippen molar-refractivity contribution in [1.82, 2.24) is 0 Å². The van der Waals surface area contributed by atoms with Gasteiger partial charge in [0.25, 0.3) is 5.69 Å². The highest BCUT2D eigenvalue weighted by Gasteiger charge is 2.25. The molecule has 0 atom stereocenters. The Bertz CT molecular complexity index is 1580. The van der Waals surface area contributed by atoms with Crippen molar-refractivity contribution in [2.75, 3.05) is 6.61 Å². The van der Waals surface area contributed by atoms with E-state index in [9.17, 15) is 20.0 Å². The molecular formula is C28H25N2O6S-. The number of rotatable bonds is 6. The highest BCUT2D eigenvalue weighted by molar-refractivity contribution is 7.14. The van der Waals surface area contributed by atoms with Crippen molar-refractivity contribution in [3.8, 4) is 16.9 Å². The third kappa shape index (κ3) is 4.40. The first-order valence-corrected chi connectivity index (χ1v) is 13.0. The van der Waals surface area contributed by atoms with Gasteiger partial charge in [0.05, 0.1) is 17.6 Å². The van der Waals surface area contributed by atoms with Crippen molar-refractivity contribution >= 4 is 45.2 Å². The fourth-order valence-electron chi connectivity index (χ4n) is 4.96. The van der Waals surface area contributed by atoms with Crippen molar-refractivity contribution < 1.29 is 24.0 Å². The number of benzene rings is 2. The lowest BCUT2D eigenvalue weighted by Gasteiger charge is -2.14. The van der Waals surface area contributed by atoms with Crippen LogP contribution in [0, 0.1) is 24.0 Å². The van der Waals surface area contributed by atoms with Crippen molar-refractivity contribution in [2.24, 2.45) is 4.99 Å². The van der Waals surface area contributed by atoms with E-state index in [0.717, 1.165) is 53.7 Å². The second kappa shape index (κ2) is 9.82. The highest BCUT2D eigenvalue weighted by Crippen LogP contribution is 2.42. The number of esters is 1. The number of fused-ring (bicyclic) bond motifs is 3. The van der Waals surface area contributed by atoms with Crippen LogP contribution in [0.25, 0.3) is 22.1 Å². The Morgan fingerprint density at radius 1 is 1.22 bits per heavy atom. The summed E-state index contributed by atoms with van der Waals surface area (Å²) in [6.45, 7) is 5.90. The number of thiophene rings is 1. The van der Waals surface area contributed by atoms with Crippen LogP contribution in [0.4, 0.5) is 10.7 Å². The second-order valence-electron chi connectivity index (χ2n) is 9.11. The van der Waals surface area contributed by atoms with Crippen molar-refractivity contribution in [2.45, 2.75) is 46.5 Å². The number of aryl methyl sites for hydroxylation is 4. The summed E-state index contributed by atoms with van der Waals surface area (Å²) < 4.78 is 11.3. The molecule has 1 aliphatic rings. The molecule has 0 saturated carbocycles. The summed E-state index contributed by atoms with van der Waals surface area (Å²) in [7, 11) is 0. The Balaban J connectivity index is 1.69. The van der Waals surface area contributed by atoms with Crippen LogP contribution in [0.2, 0.25) is 0 Å². The quantitative estimate of drug-likeness (QED) is 0.124. The number of nitrogens with zero attached hydrogens (tertiary/aromatic N) is 2. The summed E-state index contributed by atoms with van der Waals surface area (Å²) in [5, 5.41) is 27.6. The van der Waals surface area contributed by atoms with Gasteiger partial charge in [-0.1, -0.05) is 23.8 Å². The Morgan fingerprint density at radius 3 is 2.73 bits per heavy atom. The molecule has 0 spiro atoms. The molecule has 1 aliphatic carbocycles. The molecule has 8 nitrogen and oxygen atoms in total. The van der Waals surface area contributed by atoms with E-state index in [0.29, 0.717) is 27.1 Å². The molecule has 0 saturated heterocycles. The predicted molar refractivity (Wildman–Crippen MR) is 141 cm³/mol. The van der Waals surface area contributed by atoms with Crippen LogP contribution >= 0.6 is 11.3 Å². The molecule has 0 N–H and O–H groups in total. The van der Waals surface area contributed by atoms with Crippen LogP contribution in [0.15, 0.2) is 39.1 Å². The maximum Gasteiger partial charge on any atom is 0.341 e. The van der Waals surface area contributed by atoms with E-state index in [2.05, 4.69) is 4.99 Å². The fourth-order valence-corrected chi connectivity index (χ4v) is 5.86. The SMILES string of the molecule is CCOC(=O)c1c(-c2ccc(C)cc2C)csc1N=Cc1c([O-])c([N+](=O)[O-])cc2oc3c(c12)CCCC3. The zero-order valence-corrected chi connectivity index (χ0v) is 21.6. The molecule has 0 unspecified atom stereocenters. The van der Waals surface area contributed by atoms with E-state index >= 15 is 0 Å². The largest absolute Gasteiger partial charge is 0.867 e. The molecule has 0 radical (unpaired) electrons. The minimum atomic E-state index is -0.723. The first-order valence-electron chi connectivity index (χ1n) is 12.1. The van der Waals surface area contributed by atoms with Gasteiger partial charge in [-0.15, -0.1) is 11.3 Å². The minimum Gasteiger partial charge on any atom is -0.867 e. The maximum atomic E-state index is 13.2. The number of aliphatic imine (C=N–C) groups is 1. The van der Waals surface area contributed by atoms with Crippen LogP contribution in [0.1, 0.15) is 58.1 Å². The Kier molecular flexibility index (Phi) is 6.55. The van der Waals surface area contributed by atoms with E-state index in [-0.39, 0.29) is 12.2 Å². The summed E-state index contributed by atoms with van der Waals surface area (Å²) in [6.07, 6.45) is 4.69. The topological polar surface area (TPSA) is 118 Å². The molecule has 0 amide bonds. The molecule has 4 aromatic rings. The van der Waals surface area contributed by atoms with Crippen LogP contribution in [-0.2, 0) is 17.6 Å². The van der Waals surface area contributed by atoms with Gasteiger partial charge in [0.15, 0.2) is 0 Å². The summed E-state index contributed by atoms with van der Waals surface area (Å²) in [5.74, 6) is -0.478. The molecule has 0 bridgehead atoms. The van der Waals surface area contributed by atoms with Gasteiger partial charge in [-0.05, 0) is 56.9 Å². The molecule has 0 fully saturated rings. The molecule has 2 aromatic carbocycles. The number of hydrogen-bond acceptors (Lipinski definition) is 8.